The Morgan fingerprint density at radius 2 is 0.581 bits per heavy atom. The molecular formula is C82H50N4. The van der Waals surface area contributed by atoms with Crippen LogP contribution in [0.2, 0.25) is 0 Å². The molecule has 0 amide bonds. The highest BCUT2D eigenvalue weighted by Crippen LogP contribution is 2.46. The first-order valence-corrected chi connectivity index (χ1v) is 29.7. The van der Waals surface area contributed by atoms with Gasteiger partial charge >= 0.3 is 0 Å². The third-order valence-corrected chi connectivity index (χ3v) is 18.7. The minimum absolute atomic E-state index is 1.13. The van der Waals surface area contributed by atoms with Crippen LogP contribution < -0.4 is 0 Å². The van der Waals surface area contributed by atoms with E-state index in [1.807, 2.05) is 0 Å². The van der Waals surface area contributed by atoms with Gasteiger partial charge in [0.15, 0.2) is 0 Å². The molecule has 0 saturated heterocycles. The molecule has 19 aromatic rings. The molecular weight excluding hydrogens is 1040 g/mol. The molecule has 15 aromatic carbocycles. The van der Waals surface area contributed by atoms with Gasteiger partial charge in [-0.25, -0.2) is 0 Å². The number of nitrogens with zero attached hydrogens (tertiary/aromatic N) is 4. The first-order chi connectivity index (χ1) is 42.7. The Balaban J connectivity index is 0.728. The highest BCUT2D eigenvalue weighted by Gasteiger charge is 2.24. The molecule has 0 atom stereocenters. The number of hydrogen-bond donors (Lipinski definition) is 0. The van der Waals surface area contributed by atoms with Gasteiger partial charge in [-0.05, 0) is 151 Å². The summed E-state index contributed by atoms with van der Waals surface area (Å²) in [5, 5.41) is 19.8. The summed E-state index contributed by atoms with van der Waals surface area (Å²) < 4.78 is 9.93. The van der Waals surface area contributed by atoms with Crippen LogP contribution in [0, 0.1) is 0 Å². The molecule has 4 heteroatoms. The van der Waals surface area contributed by atoms with Crippen LogP contribution in [0.5, 0.6) is 0 Å². The predicted molar refractivity (Wildman–Crippen MR) is 365 cm³/mol. The number of hydrogen-bond acceptors (Lipinski definition) is 0. The predicted octanol–water partition coefficient (Wildman–Crippen LogP) is 22.0. The zero-order valence-corrected chi connectivity index (χ0v) is 46.7. The summed E-state index contributed by atoms with van der Waals surface area (Å²) in [5.41, 5.74) is 19.0. The number of para-hydroxylation sites is 6. The van der Waals surface area contributed by atoms with E-state index in [1.54, 1.807) is 0 Å². The molecule has 0 aliphatic carbocycles. The molecule has 0 N–H and O–H groups in total. The van der Waals surface area contributed by atoms with Crippen LogP contribution in [0.25, 0.3) is 175 Å². The highest BCUT2D eigenvalue weighted by molar-refractivity contribution is 6.28. The van der Waals surface area contributed by atoms with Crippen LogP contribution >= 0.6 is 0 Å². The van der Waals surface area contributed by atoms with E-state index in [9.17, 15) is 0 Å². The zero-order chi connectivity index (χ0) is 56.1. The second kappa shape index (κ2) is 18.0. The van der Waals surface area contributed by atoms with Gasteiger partial charge in [-0.1, -0.05) is 212 Å². The van der Waals surface area contributed by atoms with Crippen molar-refractivity contribution in [2.75, 3.05) is 0 Å². The van der Waals surface area contributed by atoms with E-state index in [4.69, 9.17) is 0 Å². The molecule has 0 bridgehead atoms. The number of fused-ring (bicyclic) bond motifs is 20. The molecule has 4 heterocycles. The van der Waals surface area contributed by atoms with E-state index in [0.29, 0.717) is 0 Å². The van der Waals surface area contributed by atoms with E-state index in [-0.39, 0.29) is 0 Å². The van der Waals surface area contributed by atoms with Gasteiger partial charge < -0.3 is 18.3 Å². The van der Waals surface area contributed by atoms with Crippen molar-refractivity contribution in [3.63, 3.8) is 0 Å². The van der Waals surface area contributed by atoms with Crippen molar-refractivity contribution in [3.8, 4) is 45.0 Å². The van der Waals surface area contributed by atoms with Crippen molar-refractivity contribution < 1.29 is 0 Å². The van der Waals surface area contributed by atoms with Gasteiger partial charge in [-0.2, -0.15) is 0 Å². The molecule has 398 valence electrons. The van der Waals surface area contributed by atoms with Crippen LogP contribution in [0.1, 0.15) is 0 Å². The Labute approximate surface area is 494 Å². The minimum Gasteiger partial charge on any atom is -0.309 e. The zero-order valence-electron chi connectivity index (χ0n) is 46.7. The normalized spacial score (nSPS) is 12.2. The van der Waals surface area contributed by atoms with Crippen molar-refractivity contribution in [2.24, 2.45) is 0 Å². The molecule has 0 aliphatic rings. The SMILES string of the molecule is c1ccc(-n2c3ccccc3c3ccc4c(c5ccccc5n4-c4cc5ccc(-c6ccc7c(ccc8ccc(-c9cccc(-n%10c%11ccccc%11c%11ccc%12c%13ccccc%13n(-c%13ccccc%13)c%12c%11%10)c9)cc87)c6)cc5c5ccccc45)c32)cc1. The molecule has 0 spiro atoms. The second-order valence-corrected chi connectivity index (χ2v) is 23.2. The lowest BCUT2D eigenvalue weighted by atomic mass is 9.93. The van der Waals surface area contributed by atoms with Crippen LogP contribution in [0.15, 0.2) is 303 Å². The summed E-state index contributed by atoms with van der Waals surface area (Å²) >= 11 is 0. The summed E-state index contributed by atoms with van der Waals surface area (Å²) in [6.07, 6.45) is 0. The fraction of sp³-hybridized carbons (Fsp3) is 0. The Bertz CT molecular complexity index is 6070. The Morgan fingerprint density at radius 3 is 1.22 bits per heavy atom. The van der Waals surface area contributed by atoms with Crippen LogP contribution in [0.4, 0.5) is 0 Å². The van der Waals surface area contributed by atoms with Crippen molar-refractivity contribution in [3.05, 3.63) is 303 Å². The van der Waals surface area contributed by atoms with Gasteiger partial charge in [0.05, 0.1) is 49.8 Å². The number of rotatable bonds is 6. The van der Waals surface area contributed by atoms with Crippen molar-refractivity contribution in [1.29, 1.82) is 0 Å². The van der Waals surface area contributed by atoms with Gasteiger partial charge in [-0.3, -0.25) is 0 Å². The van der Waals surface area contributed by atoms with E-state index >= 15 is 0 Å². The third-order valence-electron chi connectivity index (χ3n) is 18.7. The second-order valence-electron chi connectivity index (χ2n) is 23.2. The summed E-state index contributed by atoms with van der Waals surface area (Å²) in [7, 11) is 0. The lowest BCUT2D eigenvalue weighted by Crippen LogP contribution is -1.98. The van der Waals surface area contributed by atoms with Gasteiger partial charge in [-0.15, -0.1) is 0 Å². The van der Waals surface area contributed by atoms with Crippen molar-refractivity contribution in [1.82, 2.24) is 18.3 Å². The molecule has 19 rings (SSSR count). The minimum atomic E-state index is 1.13. The van der Waals surface area contributed by atoms with Gasteiger partial charge in [0.2, 0.25) is 0 Å². The Morgan fingerprint density at radius 1 is 0.174 bits per heavy atom. The molecule has 0 saturated carbocycles. The number of benzene rings is 15. The molecule has 0 aliphatic heterocycles. The molecule has 0 radical (unpaired) electrons. The molecule has 0 fully saturated rings. The lowest BCUT2D eigenvalue weighted by Gasteiger charge is -2.16. The van der Waals surface area contributed by atoms with Crippen LogP contribution in [-0.2, 0) is 0 Å². The fourth-order valence-electron chi connectivity index (χ4n) is 14.9. The Hall–Kier alpha value is -11.5. The molecule has 4 nitrogen and oxygen atoms in total. The summed E-state index contributed by atoms with van der Waals surface area (Å²) in [5.74, 6) is 0. The monoisotopic (exact) mass is 1090 g/mol. The van der Waals surface area contributed by atoms with Crippen LogP contribution in [-0.4, -0.2) is 18.3 Å². The van der Waals surface area contributed by atoms with E-state index in [0.717, 1.165) is 17.1 Å². The average molecular weight is 1090 g/mol. The topological polar surface area (TPSA) is 19.7 Å². The molecule has 4 aromatic heterocycles. The average Bonchev–Trinajstić information content (AvgIpc) is 1.87. The smallest absolute Gasteiger partial charge is 0.0788 e. The number of aromatic nitrogens is 4. The van der Waals surface area contributed by atoms with E-state index in [2.05, 4.69) is 322 Å². The maximum absolute atomic E-state index is 2.51. The van der Waals surface area contributed by atoms with Gasteiger partial charge in [0, 0.05) is 65.5 Å². The molecule has 0 unspecified atom stereocenters. The lowest BCUT2D eigenvalue weighted by molar-refractivity contribution is 1.15. The van der Waals surface area contributed by atoms with E-state index < -0.39 is 0 Å². The maximum atomic E-state index is 2.51. The van der Waals surface area contributed by atoms with Crippen molar-refractivity contribution in [2.45, 2.75) is 0 Å². The first kappa shape index (κ1) is 47.1. The third kappa shape index (κ3) is 6.69. The fourth-order valence-corrected chi connectivity index (χ4v) is 14.9. The van der Waals surface area contributed by atoms with Crippen LogP contribution in [0.3, 0.4) is 0 Å². The van der Waals surface area contributed by atoms with E-state index in [1.165, 1.54) is 158 Å². The summed E-state index contributed by atoms with van der Waals surface area (Å²) in [6.45, 7) is 0. The Kier molecular flexibility index (Phi) is 9.86. The highest BCUT2D eigenvalue weighted by atomic mass is 15.0. The standard InChI is InChI=1S/C82H50N4/c1-3-19-58(20-4-1)83-73-30-13-9-26-64(73)67-44-45-77-79(80(67)83)70-29-12-16-33-76(70)86(77)78-50-57-39-37-55(49-72(57)62-24-7-8-25-63(62)78)53-40-41-61-56(46-53)38-35-51-34-36-54(48-71(51)61)52-18-17-23-60(47-52)85-75-32-15-11-28-66(75)69-43-42-68-65-27-10-14-31-74(65)84(81(68)82(69)85)59-21-5-2-6-22-59/h1-50H. The largest absolute Gasteiger partial charge is 0.309 e. The summed E-state index contributed by atoms with van der Waals surface area (Å²) in [4.78, 5) is 0. The first-order valence-electron chi connectivity index (χ1n) is 29.7. The van der Waals surface area contributed by atoms with Gasteiger partial charge in [0.25, 0.3) is 0 Å². The summed E-state index contributed by atoms with van der Waals surface area (Å²) in [6, 6.07) is 113. The molecule has 86 heavy (non-hydrogen) atoms. The quantitative estimate of drug-likeness (QED) is 0.148. The maximum Gasteiger partial charge on any atom is 0.0788 e. The van der Waals surface area contributed by atoms with Gasteiger partial charge in [0.1, 0.15) is 0 Å². The van der Waals surface area contributed by atoms with Crippen molar-refractivity contribution >= 4 is 130 Å².